The fourth-order valence-corrected chi connectivity index (χ4v) is 3.78. The summed E-state index contributed by atoms with van der Waals surface area (Å²) in [7, 11) is -1.74. The average molecular weight is 336 g/mol. The molecule has 126 valence electrons. The highest BCUT2D eigenvalue weighted by Crippen LogP contribution is 2.51. The molecule has 1 saturated carbocycles. The van der Waals surface area contributed by atoms with E-state index in [1.54, 1.807) is 20.8 Å². The van der Waals surface area contributed by atoms with Crippen molar-refractivity contribution >= 4 is 22.8 Å². The van der Waals surface area contributed by atoms with Crippen LogP contribution in [0.1, 0.15) is 46.5 Å². The first kappa shape index (κ1) is 17.3. The second kappa shape index (κ2) is 5.54. The van der Waals surface area contributed by atoms with E-state index in [1.165, 1.54) is 4.90 Å². The van der Waals surface area contributed by atoms with Crippen LogP contribution in [0.15, 0.2) is 4.40 Å². The van der Waals surface area contributed by atoms with E-state index in [4.69, 9.17) is 5.11 Å². The van der Waals surface area contributed by atoms with Crippen LogP contribution in [-0.4, -0.2) is 49.8 Å². The lowest BCUT2D eigenvalue weighted by molar-refractivity contribution is 0.0798. The van der Waals surface area contributed by atoms with Gasteiger partial charge in [0.05, 0.1) is 4.75 Å². The zero-order valence-electron chi connectivity index (χ0n) is 13.1. The number of carbonyl (C=O) groups is 1. The van der Waals surface area contributed by atoms with Crippen LogP contribution in [0, 0.1) is 5.41 Å². The minimum atomic E-state index is -3.05. The van der Waals surface area contributed by atoms with Crippen LogP contribution in [0.2, 0.25) is 0 Å². The van der Waals surface area contributed by atoms with E-state index in [1.807, 2.05) is 0 Å². The largest absolute Gasteiger partial charge is 0.465 e. The Bertz CT molecular complexity index is 521. The van der Waals surface area contributed by atoms with Gasteiger partial charge in [0.25, 0.3) is 5.92 Å². The lowest BCUT2D eigenvalue weighted by atomic mass is 9.75. The third-order valence-electron chi connectivity index (χ3n) is 4.46. The number of halogens is 2. The molecule has 2 aliphatic rings. The fourth-order valence-electron chi connectivity index (χ4n) is 3.02. The molecule has 8 heteroatoms. The quantitative estimate of drug-likeness (QED) is 0.800. The minimum absolute atomic E-state index is 0.215. The summed E-state index contributed by atoms with van der Waals surface area (Å²) in [5.41, 5.74) is -1.09. The van der Waals surface area contributed by atoms with Crippen LogP contribution in [-0.2, 0) is 11.0 Å². The molecule has 1 aliphatic heterocycles. The Morgan fingerprint density at radius 2 is 1.77 bits per heavy atom. The Hall–Kier alpha value is -1.05. The third-order valence-corrected chi connectivity index (χ3v) is 5.85. The maximum atomic E-state index is 14.2. The summed E-state index contributed by atoms with van der Waals surface area (Å²) in [4.78, 5) is 12.2. The Kier molecular flexibility index (Phi) is 4.36. The van der Waals surface area contributed by atoms with Gasteiger partial charge in [-0.1, -0.05) is 0 Å². The standard InChI is InChI=1S/C14H22F2N2O3S/c1-12(2,3)22(21)17-10-13(4-5-14(10,15)16)6-8-18(9-7-13)11(19)20/h4-9H2,1-3H3,(H,19,20). The van der Waals surface area contributed by atoms with Gasteiger partial charge in [-0.3, -0.25) is 0 Å². The van der Waals surface area contributed by atoms with Crippen LogP contribution in [0.4, 0.5) is 13.6 Å². The van der Waals surface area contributed by atoms with Crippen LogP contribution in [0.5, 0.6) is 0 Å². The molecule has 1 saturated heterocycles. The van der Waals surface area contributed by atoms with E-state index >= 15 is 0 Å². The molecule has 0 bridgehead atoms. The summed E-state index contributed by atoms with van der Waals surface area (Å²) in [5, 5.41) is 8.99. The molecule has 1 heterocycles. The lowest BCUT2D eigenvalue weighted by Gasteiger charge is -2.38. The van der Waals surface area contributed by atoms with Crippen molar-refractivity contribution in [1.82, 2.24) is 4.90 Å². The van der Waals surface area contributed by atoms with Gasteiger partial charge in [0.15, 0.2) is 0 Å². The Labute approximate surface area is 131 Å². The first-order valence-electron chi connectivity index (χ1n) is 7.35. The number of nitrogens with zero attached hydrogens (tertiary/aromatic N) is 2. The molecule has 1 aliphatic carbocycles. The number of likely N-dealkylation sites (tertiary alicyclic amines) is 1. The molecule has 1 N–H and O–H groups in total. The summed E-state index contributed by atoms with van der Waals surface area (Å²) in [6.07, 6.45) is -0.436. The summed E-state index contributed by atoms with van der Waals surface area (Å²) >= 11 is 0. The van der Waals surface area contributed by atoms with Crippen LogP contribution < -0.4 is 0 Å². The summed E-state index contributed by atoms with van der Waals surface area (Å²) in [6.45, 7) is 5.51. The molecule has 1 atom stereocenters. The number of carboxylic acid groups (broad SMARTS) is 1. The van der Waals surface area contributed by atoms with Crippen molar-refractivity contribution in [3.63, 3.8) is 0 Å². The monoisotopic (exact) mass is 336 g/mol. The van der Waals surface area contributed by atoms with E-state index in [0.717, 1.165) is 0 Å². The molecular weight excluding hydrogens is 314 g/mol. The first-order chi connectivity index (χ1) is 9.98. The van der Waals surface area contributed by atoms with E-state index in [0.29, 0.717) is 12.8 Å². The molecule has 0 aromatic heterocycles. The molecule has 5 nitrogen and oxygen atoms in total. The number of rotatable bonds is 1. The maximum absolute atomic E-state index is 14.2. The van der Waals surface area contributed by atoms with Gasteiger partial charge in [0.1, 0.15) is 16.7 Å². The normalized spacial score (nSPS) is 27.3. The van der Waals surface area contributed by atoms with Gasteiger partial charge in [-0.2, -0.15) is 13.2 Å². The molecule has 2 fully saturated rings. The van der Waals surface area contributed by atoms with Gasteiger partial charge in [-0.15, -0.1) is 0 Å². The Morgan fingerprint density at radius 3 is 2.23 bits per heavy atom. The second-order valence-electron chi connectivity index (χ2n) is 7.06. The van der Waals surface area contributed by atoms with Gasteiger partial charge in [-0.05, 0) is 40.0 Å². The highest BCUT2D eigenvalue weighted by molar-refractivity contribution is 7.85. The smallest absolute Gasteiger partial charge is 0.407 e. The minimum Gasteiger partial charge on any atom is -0.465 e. The third kappa shape index (κ3) is 3.16. The lowest BCUT2D eigenvalue weighted by Crippen LogP contribution is -2.47. The van der Waals surface area contributed by atoms with Gasteiger partial charge in [-0.25, -0.2) is 9.00 Å². The first-order valence-corrected chi connectivity index (χ1v) is 8.46. The van der Waals surface area contributed by atoms with E-state index in [2.05, 4.69) is 4.40 Å². The molecule has 0 aromatic rings. The van der Waals surface area contributed by atoms with Gasteiger partial charge >= 0.3 is 6.09 Å². The second-order valence-corrected chi connectivity index (χ2v) is 8.96. The van der Waals surface area contributed by atoms with Gasteiger partial charge < -0.3 is 10.0 Å². The zero-order valence-corrected chi connectivity index (χ0v) is 13.9. The molecule has 1 amide bonds. The summed E-state index contributed by atoms with van der Waals surface area (Å²) < 4.78 is 43.9. The van der Waals surface area contributed by atoms with Crippen LogP contribution >= 0.6 is 0 Å². The van der Waals surface area contributed by atoms with Crippen LogP contribution in [0.3, 0.4) is 0 Å². The van der Waals surface area contributed by atoms with Crippen molar-refractivity contribution in [1.29, 1.82) is 0 Å². The van der Waals surface area contributed by atoms with E-state index < -0.39 is 33.2 Å². The maximum Gasteiger partial charge on any atom is 0.407 e. The molecule has 22 heavy (non-hydrogen) atoms. The van der Waals surface area contributed by atoms with Crippen molar-refractivity contribution in [2.24, 2.45) is 9.81 Å². The number of hydrogen-bond acceptors (Lipinski definition) is 2. The SMILES string of the molecule is CC(C)(C)S(=O)N=C1C(F)(F)CCC12CCN(C(=O)O)CC2. The van der Waals surface area contributed by atoms with Gasteiger partial charge in [0.2, 0.25) is 0 Å². The molecule has 1 unspecified atom stereocenters. The molecule has 2 rings (SSSR count). The van der Waals surface area contributed by atoms with E-state index in [-0.39, 0.29) is 31.6 Å². The Balaban J connectivity index is 2.30. The Morgan fingerprint density at radius 1 is 1.23 bits per heavy atom. The molecule has 0 radical (unpaired) electrons. The van der Waals surface area contributed by atoms with Crippen molar-refractivity contribution in [3.05, 3.63) is 0 Å². The average Bonchev–Trinajstić information content (AvgIpc) is 2.63. The summed E-state index contributed by atoms with van der Waals surface area (Å²) in [6, 6.07) is 0. The zero-order chi connectivity index (χ0) is 16.8. The predicted octanol–water partition coefficient (Wildman–Crippen LogP) is 3.08. The van der Waals surface area contributed by atoms with Crippen molar-refractivity contribution in [3.8, 4) is 0 Å². The molecular formula is C14H22F2N2O3S. The molecule has 0 aromatic carbocycles. The predicted molar refractivity (Wildman–Crippen MR) is 80.8 cm³/mol. The number of piperidine rings is 1. The summed E-state index contributed by atoms with van der Waals surface area (Å²) in [5.74, 6) is -3.05. The highest BCUT2D eigenvalue weighted by atomic mass is 32.2. The van der Waals surface area contributed by atoms with Crippen molar-refractivity contribution in [2.45, 2.75) is 57.1 Å². The topological polar surface area (TPSA) is 70.0 Å². The van der Waals surface area contributed by atoms with Crippen molar-refractivity contribution < 1.29 is 22.9 Å². The number of alkyl halides is 2. The van der Waals surface area contributed by atoms with Crippen LogP contribution in [0.25, 0.3) is 0 Å². The number of hydrogen-bond donors (Lipinski definition) is 1. The van der Waals surface area contributed by atoms with E-state index in [9.17, 15) is 17.8 Å². The number of amides is 1. The highest BCUT2D eigenvalue weighted by Gasteiger charge is 2.57. The van der Waals surface area contributed by atoms with Gasteiger partial charge in [0, 0.05) is 24.9 Å². The van der Waals surface area contributed by atoms with Crippen molar-refractivity contribution in [2.75, 3.05) is 13.1 Å². The molecule has 1 spiro atoms. The fraction of sp³-hybridized carbons (Fsp3) is 0.857.